The second-order valence-corrected chi connectivity index (χ2v) is 7.44. The molecule has 1 aromatic carbocycles. The van der Waals surface area contributed by atoms with E-state index >= 15 is 0 Å². The van der Waals surface area contributed by atoms with Crippen LogP contribution in [0.2, 0.25) is 0 Å². The molecular formula is C20H29ClN2O2. The smallest absolute Gasteiger partial charge is 0.224 e. The third-order valence-electron chi connectivity index (χ3n) is 5.15. The Hall–Kier alpha value is -1.52. The maximum atomic E-state index is 12.5. The van der Waals surface area contributed by atoms with Crippen molar-refractivity contribution in [3.05, 3.63) is 35.1 Å². The van der Waals surface area contributed by atoms with Gasteiger partial charge in [-0.2, -0.15) is 0 Å². The number of aryl methyl sites for hydroxylation is 1. The molecule has 4 nitrogen and oxygen atoms in total. The highest BCUT2D eigenvalue weighted by Crippen LogP contribution is 2.29. The first kappa shape index (κ1) is 19.8. The van der Waals surface area contributed by atoms with Gasteiger partial charge in [-0.1, -0.05) is 20.8 Å². The van der Waals surface area contributed by atoms with Crippen LogP contribution in [0.25, 0.3) is 11.0 Å². The Morgan fingerprint density at radius 3 is 2.84 bits per heavy atom. The Kier molecular flexibility index (Phi) is 6.53. The predicted molar refractivity (Wildman–Crippen MR) is 105 cm³/mol. The summed E-state index contributed by atoms with van der Waals surface area (Å²) < 4.78 is 5.69. The van der Waals surface area contributed by atoms with Gasteiger partial charge in [0.05, 0.1) is 12.7 Å². The van der Waals surface area contributed by atoms with E-state index in [2.05, 4.69) is 50.5 Å². The first-order valence-electron chi connectivity index (χ1n) is 8.96. The fraction of sp³-hybridized carbons (Fsp3) is 0.550. The van der Waals surface area contributed by atoms with Crippen molar-refractivity contribution in [2.75, 3.05) is 13.1 Å². The Morgan fingerprint density at radius 1 is 1.40 bits per heavy atom. The minimum atomic E-state index is 0. The molecule has 1 amide bonds. The van der Waals surface area contributed by atoms with E-state index in [-0.39, 0.29) is 24.4 Å². The summed E-state index contributed by atoms with van der Waals surface area (Å²) in [5, 5.41) is 7.63. The predicted octanol–water partition coefficient (Wildman–Crippen LogP) is 3.94. The van der Waals surface area contributed by atoms with E-state index in [4.69, 9.17) is 4.42 Å². The summed E-state index contributed by atoms with van der Waals surface area (Å²) in [6.07, 6.45) is 3.11. The van der Waals surface area contributed by atoms with Gasteiger partial charge in [0, 0.05) is 17.0 Å². The van der Waals surface area contributed by atoms with Crippen LogP contribution in [-0.4, -0.2) is 25.0 Å². The Labute approximate surface area is 156 Å². The van der Waals surface area contributed by atoms with Crippen LogP contribution in [-0.2, 0) is 11.2 Å². The van der Waals surface area contributed by atoms with Crippen LogP contribution in [0.5, 0.6) is 0 Å². The van der Waals surface area contributed by atoms with E-state index in [1.54, 1.807) is 6.26 Å². The number of piperidine rings is 1. The summed E-state index contributed by atoms with van der Waals surface area (Å²) in [5.41, 5.74) is 4.41. The molecule has 1 aliphatic heterocycles. The van der Waals surface area contributed by atoms with Crippen LogP contribution in [0.15, 0.2) is 22.8 Å². The van der Waals surface area contributed by atoms with Crippen molar-refractivity contribution in [1.82, 2.24) is 10.6 Å². The van der Waals surface area contributed by atoms with Crippen LogP contribution < -0.4 is 10.6 Å². The van der Waals surface area contributed by atoms with Gasteiger partial charge in [-0.05, 0) is 61.5 Å². The molecule has 2 atom stereocenters. The van der Waals surface area contributed by atoms with Crippen molar-refractivity contribution < 1.29 is 9.21 Å². The molecule has 138 valence electrons. The van der Waals surface area contributed by atoms with Gasteiger partial charge in [-0.25, -0.2) is 0 Å². The van der Waals surface area contributed by atoms with Gasteiger partial charge in [0.25, 0.3) is 0 Å². The number of amides is 1. The molecular weight excluding hydrogens is 336 g/mol. The van der Waals surface area contributed by atoms with Gasteiger partial charge in [0.1, 0.15) is 5.58 Å². The minimum absolute atomic E-state index is 0. The number of hydrogen-bond donors (Lipinski definition) is 2. The van der Waals surface area contributed by atoms with E-state index in [9.17, 15) is 4.79 Å². The number of furan rings is 1. The third-order valence-corrected chi connectivity index (χ3v) is 5.15. The second kappa shape index (κ2) is 8.24. The lowest BCUT2D eigenvalue weighted by molar-refractivity contribution is -0.121. The topological polar surface area (TPSA) is 54.3 Å². The van der Waals surface area contributed by atoms with Gasteiger partial charge >= 0.3 is 0 Å². The molecule has 0 aliphatic carbocycles. The summed E-state index contributed by atoms with van der Waals surface area (Å²) in [6, 6.07) is 4.54. The summed E-state index contributed by atoms with van der Waals surface area (Å²) in [6.45, 7) is 10.6. The summed E-state index contributed by atoms with van der Waals surface area (Å²) in [4.78, 5) is 12.5. The zero-order chi connectivity index (χ0) is 17.3. The van der Waals surface area contributed by atoms with Crippen molar-refractivity contribution in [2.24, 2.45) is 5.92 Å². The third kappa shape index (κ3) is 4.36. The standard InChI is InChI=1S/C20H28N2O2.ClH/c1-12(2)16-9-17-15(11-24-19(17)7-13(16)3)8-20(23)22-18-5-6-21-10-14(18)4;/h7,9,11-12,14,18,21H,5-6,8,10H2,1-4H3,(H,22,23);1H. The molecule has 1 fully saturated rings. The van der Waals surface area contributed by atoms with E-state index in [0.717, 1.165) is 36.0 Å². The number of halogens is 1. The SMILES string of the molecule is Cc1cc2occ(CC(=O)NC3CCNCC3C)c2cc1C(C)C.Cl. The van der Waals surface area contributed by atoms with Gasteiger partial charge in [-0.15, -0.1) is 12.4 Å². The van der Waals surface area contributed by atoms with E-state index in [0.29, 0.717) is 18.3 Å². The molecule has 1 saturated heterocycles. The number of hydrogen-bond acceptors (Lipinski definition) is 3. The number of nitrogens with one attached hydrogen (secondary N) is 2. The molecule has 25 heavy (non-hydrogen) atoms. The normalized spacial score (nSPS) is 20.5. The van der Waals surface area contributed by atoms with Gasteiger partial charge in [0.2, 0.25) is 5.91 Å². The number of benzene rings is 1. The molecule has 0 bridgehead atoms. The van der Waals surface area contributed by atoms with Crippen LogP contribution in [0.4, 0.5) is 0 Å². The molecule has 2 heterocycles. The Morgan fingerprint density at radius 2 is 2.16 bits per heavy atom. The molecule has 1 aromatic heterocycles. The van der Waals surface area contributed by atoms with E-state index in [1.165, 1.54) is 11.1 Å². The molecule has 0 saturated carbocycles. The van der Waals surface area contributed by atoms with Crippen molar-refractivity contribution in [3.63, 3.8) is 0 Å². The van der Waals surface area contributed by atoms with Gasteiger partial charge in [-0.3, -0.25) is 4.79 Å². The average Bonchev–Trinajstić information content (AvgIpc) is 2.90. The lowest BCUT2D eigenvalue weighted by Crippen LogP contribution is -2.48. The summed E-state index contributed by atoms with van der Waals surface area (Å²) >= 11 is 0. The largest absolute Gasteiger partial charge is 0.464 e. The first-order chi connectivity index (χ1) is 11.5. The van der Waals surface area contributed by atoms with Gasteiger partial charge in [0.15, 0.2) is 0 Å². The molecule has 2 aromatic rings. The number of fused-ring (bicyclic) bond motifs is 1. The molecule has 0 radical (unpaired) electrons. The van der Waals surface area contributed by atoms with Crippen molar-refractivity contribution in [3.8, 4) is 0 Å². The molecule has 5 heteroatoms. The molecule has 3 rings (SSSR count). The average molecular weight is 365 g/mol. The lowest BCUT2D eigenvalue weighted by Gasteiger charge is -2.30. The molecule has 2 unspecified atom stereocenters. The van der Waals surface area contributed by atoms with Gasteiger partial charge < -0.3 is 15.1 Å². The summed E-state index contributed by atoms with van der Waals surface area (Å²) in [7, 11) is 0. The van der Waals surface area contributed by atoms with Crippen molar-refractivity contribution >= 4 is 29.3 Å². The zero-order valence-electron chi connectivity index (χ0n) is 15.5. The number of rotatable bonds is 4. The summed E-state index contributed by atoms with van der Waals surface area (Å²) in [5.74, 6) is 1.02. The molecule has 0 spiro atoms. The van der Waals surface area contributed by atoms with Crippen LogP contribution in [0, 0.1) is 12.8 Å². The lowest BCUT2D eigenvalue weighted by atomic mass is 9.94. The van der Waals surface area contributed by atoms with E-state index < -0.39 is 0 Å². The van der Waals surface area contributed by atoms with Crippen LogP contribution in [0.3, 0.4) is 0 Å². The first-order valence-corrected chi connectivity index (χ1v) is 8.96. The maximum absolute atomic E-state index is 12.5. The quantitative estimate of drug-likeness (QED) is 0.863. The molecule has 1 aliphatic rings. The fourth-order valence-corrected chi connectivity index (χ4v) is 3.66. The Bertz CT molecular complexity index is 739. The van der Waals surface area contributed by atoms with Crippen LogP contribution >= 0.6 is 12.4 Å². The highest BCUT2D eigenvalue weighted by atomic mass is 35.5. The van der Waals surface area contributed by atoms with Crippen molar-refractivity contribution in [1.29, 1.82) is 0 Å². The second-order valence-electron chi connectivity index (χ2n) is 7.44. The monoisotopic (exact) mass is 364 g/mol. The fourth-order valence-electron chi connectivity index (χ4n) is 3.66. The highest BCUT2D eigenvalue weighted by molar-refractivity contribution is 5.88. The van der Waals surface area contributed by atoms with Crippen molar-refractivity contribution in [2.45, 2.75) is 52.5 Å². The zero-order valence-corrected chi connectivity index (χ0v) is 16.3. The number of carbonyl (C=O) groups excluding carboxylic acids is 1. The molecule has 2 N–H and O–H groups in total. The minimum Gasteiger partial charge on any atom is -0.464 e. The Balaban J connectivity index is 0.00000225. The maximum Gasteiger partial charge on any atom is 0.224 e. The van der Waals surface area contributed by atoms with E-state index in [1.807, 2.05) is 0 Å². The van der Waals surface area contributed by atoms with Crippen LogP contribution in [0.1, 0.15) is 49.8 Å². The number of carbonyl (C=O) groups is 1. The highest BCUT2D eigenvalue weighted by Gasteiger charge is 2.23.